The highest BCUT2D eigenvalue weighted by atomic mass is 127. The molecule has 1 N–H and O–H groups in total. The molecule has 21 heavy (non-hydrogen) atoms. The van der Waals surface area contributed by atoms with E-state index in [1.54, 1.807) is 0 Å². The molecule has 1 saturated heterocycles. The van der Waals surface area contributed by atoms with Crippen molar-refractivity contribution in [3.63, 3.8) is 0 Å². The number of aliphatic imine (C=N–C) groups is 1. The molecular formula is C14H28IN3O2S. The monoisotopic (exact) mass is 429 g/mol. The molecule has 1 heterocycles. The van der Waals surface area contributed by atoms with Gasteiger partial charge < -0.3 is 15.0 Å². The second-order valence-electron chi connectivity index (χ2n) is 5.41. The summed E-state index contributed by atoms with van der Waals surface area (Å²) < 4.78 is 5.17. The maximum Gasteiger partial charge on any atom is 0.305 e. The lowest BCUT2D eigenvalue weighted by atomic mass is 10.2. The van der Waals surface area contributed by atoms with Crippen LogP contribution in [0.5, 0.6) is 0 Å². The molecule has 0 aromatic heterocycles. The number of carbonyl (C=O) groups is 1. The van der Waals surface area contributed by atoms with Crippen molar-refractivity contribution in [2.45, 2.75) is 38.4 Å². The molecule has 0 saturated carbocycles. The summed E-state index contributed by atoms with van der Waals surface area (Å²) in [6.07, 6.45) is 1.23. The zero-order chi connectivity index (χ0) is 15.0. The van der Waals surface area contributed by atoms with E-state index in [0.29, 0.717) is 13.0 Å². The lowest BCUT2D eigenvalue weighted by molar-refractivity contribution is -0.143. The summed E-state index contributed by atoms with van der Waals surface area (Å²) in [5.41, 5.74) is 0. The summed E-state index contributed by atoms with van der Waals surface area (Å²) in [6.45, 7) is 9.56. The van der Waals surface area contributed by atoms with Gasteiger partial charge >= 0.3 is 5.97 Å². The van der Waals surface area contributed by atoms with Crippen LogP contribution in [-0.4, -0.2) is 60.6 Å². The van der Waals surface area contributed by atoms with Crippen LogP contribution in [0.3, 0.4) is 0 Å². The van der Waals surface area contributed by atoms with Crippen LogP contribution in [0, 0.1) is 0 Å². The van der Waals surface area contributed by atoms with Gasteiger partial charge in [-0.3, -0.25) is 9.79 Å². The van der Waals surface area contributed by atoms with Crippen molar-refractivity contribution in [3.8, 4) is 0 Å². The molecule has 0 atom stereocenters. The third-order valence-electron chi connectivity index (χ3n) is 3.08. The number of ether oxygens (including phenoxy) is 1. The third kappa shape index (κ3) is 8.13. The lowest BCUT2D eigenvalue weighted by Gasteiger charge is -2.39. The van der Waals surface area contributed by atoms with E-state index < -0.39 is 0 Å². The molecule has 0 aliphatic carbocycles. The fourth-order valence-electron chi connectivity index (χ4n) is 2.20. The minimum absolute atomic E-state index is 0. The Morgan fingerprint density at radius 3 is 2.76 bits per heavy atom. The molecule has 1 fully saturated rings. The number of esters is 1. The zero-order valence-corrected chi connectivity index (χ0v) is 16.6. The molecule has 0 bridgehead atoms. The van der Waals surface area contributed by atoms with Crippen LogP contribution in [0.2, 0.25) is 0 Å². The summed E-state index contributed by atoms with van der Waals surface area (Å²) in [5.74, 6) is 1.93. The lowest BCUT2D eigenvalue weighted by Crippen LogP contribution is -2.51. The van der Waals surface area contributed by atoms with Crippen LogP contribution in [0.1, 0.15) is 33.6 Å². The van der Waals surface area contributed by atoms with E-state index in [4.69, 9.17) is 4.74 Å². The van der Waals surface area contributed by atoms with Gasteiger partial charge in [-0.25, -0.2) is 0 Å². The van der Waals surface area contributed by atoms with Gasteiger partial charge in [0.25, 0.3) is 0 Å². The standard InChI is InChI=1S/C14H27N3O2S.HI/c1-5-19-12(18)7-6-8-16-13(15-4)17-9-10-20-14(2,3)11-17;/h5-11H2,1-4H3,(H,15,16);1H. The van der Waals surface area contributed by atoms with Gasteiger partial charge in [0.15, 0.2) is 5.96 Å². The predicted octanol–water partition coefficient (Wildman–Crippen LogP) is 2.35. The predicted molar refractivity (Wildman–Crippen MR) is 101 cm³/mol. The summed E-state index contributed by atoms with van der Waals surface area (Å²) in [5, 5.41) is 3.33. The number of halogens is 1. The number of rotatable bonds is 5. The Bertz CT molecular complexity index is 351. The molecule has 0 amide bonds. The van der Waals surface area contributed by atoms with Crippen molar-refractivity contribution in [2.75, 3.05) is 39.0 Å². The highest BCUT2D eigenvalue weighted by Crippen LogP contribution is 2.29. The second-order valence-corrected chi connectivity index (χ2v) is 7.21. The van der Waals surface area contributed by atoms with Gasteiger partial charge in [0, 0.05) is 43.6 Å². The van der Waals surface area contributed by atoms with E-state index in [0.717, 1.165) is 37.8 Å². The van der Waals surface area contributed by atoms with Crippen LogP contribution in [-0.2, 0) is 9.53 Å². The van der Waals surface area contributed by atoms with E-state index in [2.05, 4.69) is 29.1 Å². The summed E-state index contributed by atoms with van der Waals surface area (Å²) in [7, 11) is 1.81. The van der Waals surface area contributed by atoms with E-state index in [1.807, 2.05) is 25.7 Å². The van der Waals surface area contributed by atoms with E-state index >= 15 is 0 Å². The topological polar surface area (TPSA) is 53.9 Å². The molecule has 0 radical (unpaired) electrons. The molecule has 0 aromatic rings. The minimum atomic E-state index is -0.125. The number of nitrogens with zero attached hydrogens (tertiary/aromatic N) is 2. The quantitative estimate of drug-likeness (QED) is 0.239. The Labute approximate surface area is 149 Å². The van der Waals surface area contributed by atoms with Crippen LogP contribution >= 0.6 is 35.7 Å². The van der Waals surface area contributed by atoms with Gasteiger partial charge in [-0.05, 0) is 27.2 Å². The number of hydrogen-bond donors (Lipinski definition) is 1. The summed E-state index contributed by atoms with van der Waals surface area (Å²) >= 11 is 2.00. The number of guanidine groups is 1. The molecule has 7 heteroatoms. The van der Waals surface area contributed by atoms with Crippen LogP contribution in [0.15, 0.2) is 4.99 Å². The molecule has 5 nitrogen and oxygen atoms in total. The Balaban J connectivity index is 0.00000400. The minimum Gasteiger partial charge on any atom is -0.466 e. The molecular weight excluding hydrogens is 401 g/mol. The molecule has 124 valence electrons. The normalized spacial score (nSPS) is 17.9. The van der Waals surface area contributed by atoms with Gasteiger partial charge in [0.2, 0.25) is 0 Å². The zero-order valence-electron chi connectivity index (χ0n) is 13.5. The maximum atomic E-state index is 11.3. The largest absolute Gasteiger partial charge is 0.466 e. The van der Waals surface area contributed by atoms with Crippen molar-refractivity contribution >= 4 is 47.7 Å². The number of nitrogens with one attached hydrogen (secondary N) is 1. The SMILES string of the molecule is CCOC(=O)CCCNC(=NC)N1CCSC(C)(C)C1.I. The smallest absolute Gasteiger partial charge is 0.305 e. The van der Waals surface area contributed by atoms with Gasteiger partial charge in [0.05, 0.1) is 6.61 Å². The van der Waals surface area contributed by atoms with E-state index in [-0.39, 0.29) is 34.7 Å². The van der Waals surface area contributed by atoms with Gasteiger partial charge in [-0.15, -0.1) is 24.0 Å². The van der Waals surface area contributed by atoms with Crippen molar-refractivity contribution in [1.82, 2.24) is 10.2 Å². The van der Waals surface area contributed by atoms with Gasteiger partial charge in [-0.2, -0.15) is 11.8 Å². The molecule has 1 rings (SSSR count). The van der Waals surface area contributed by atoms with Crippen molar-refractivity contribution in [2.24, 2.45) is 4.99 Å². The van der Waals surface area contributed by atoms with Crippen molar-refractivity contribution in [1.29, 1.82) is 0 Å². The number of hydrogen-bond acceptors (Lipinski definition) is 4. The molecule has 1 aliphatic rings. The Morgan fingerprint density at radius 1 is 1.48 bits per heavy atom. The first-order valence-corrected chi connectivity index (χ1v) is 8.22. The molecule has 0 unspecified atom stereocenters. The van der Waals surface area contributed by atoms with E-state index in [1.165, 1.54) is 0 Å². The molecule has 1 aliphatic heterocycles. The van der Waals surface area contributed by atoms with Crippen LogP contribution < -0.4 is 5.32 Å². The maximum absolute atomic E-state index is 11.3. The second kappa shape index (κ2) is 10.5. The van der Waals surface area contributed by atoms with Crippen LogP contribution in [0.25, 0.3) is 0 Å². The number of carbonyl (C=O) groups excluding carboxylic acids is 1. The number of thioether (sulfide) groups is 1. The summed E-state index contributed by atoms with van der Waals surface area (Å²) in [4.78, 5) is 17.9. The fourth-order valence-corrected chi connectivity index (χ4v) is 3.31. The van der Waals surface area contributed by atoms with Crippen molar-refractivity contribution in [3.05, 3.63) is 0 Å². The first kappa shape index (κ1) is 20.8. The highest BCUT2D eigenvalue weighted by molar-refractivity contribution is 14.0. The Kier molecular flexibility index (Phi) is 10.4. The van der Waals surface area contributed by atoms with Crippen molar-refractivity contribution < 1.29 is 9.53 Å². The van der Waals surface area contributed by atoms with E-state index in [9.17, 15) is 4.79 Å². The molecule has 0 spiro atoms. The average molecular weight is 429 g/mol. The molecule has 0 aromatic carbocycles. The fraction of sp³-hybridized carbons (Fsp3) is 0.857. The first-order chi connectivity index (χ1) is 9.48. The Morgan fingerprint density at radius 2 is 2.19 bits per heavy atom. The highest BCUT2D eigenvalue weighted by Gasteiger charge is 2.28. The third-order valence-corrected chi connectivity index (χ3v) is 4.38. The summed E-state index contributed by atoms with van der Waals surface area (Å²) in [6, 6.07) is 0. The van der Waals surface area contributed by atoms with Gasteiger partial charge in [-0.1, -0.05) is 0 Å². The van der Waals surface area contributed by atoms with Crippen LogP contribution in [0.4, 0.5) is 0 Å². The first-order valence-electron chi connectivity index (χ1n) is 7.23. The Hall–Kier alpha value is -0.180. The van der Waals surface area contributed by atoms with Gasteiger partial charge in [0.1, 0.15) is 0 Å². The average Bonchev–Trinajstić information content (AvgIpc) is 2.38.